The second-order valence-electron chi connectivity index (χ2n) is 4.41. The molecule has 2 aromatic heterocycles. The van der Waals surface area contributed by atoms with Gasteiger partial charge in [-0.2, -0.15) is 0 Å². The fourth-order valence-electron chi connectivity index (χ4n) is 2.01. The molecule has 0 radical (unpaired) electrons. The van der Waals surface area contributed by atoms with Crippen molar-refractivity contribution in [1.29, 1.82) is 0 Å². The largest absolute Gasteiger partial charge is 0.329 e. The summed E-state index contributed by atoms with van der Waals surface area (Å²) in [6, 6.07) is 1.79. The highest BCUT2D eigenvalue weighted by Crippen LogP contribution is 2.08. The fourth-order valence-corrected chi connectivity index (χ4v) is 2.01. The van der Waals surface area contributed by atoms with Crippen molar-refractivity contribution in [2.75, 3.05) is 6.54 Å². The van der Waals surface area contributed by atoms with Gasteiger partial charge in [0.2, 0.25) is 0 Å². The molecule has 0 aliphatic rings. The Morgan fingerprint density at radius 2 is 2.16 bits per heavy atom. The third-order valence-corrected chi connectivity index (χ3v) is 2.92. The van der Waals surface area contributed by atoms with E-state index < -0.39 is 5.69 Å². The Bertz CT molecular complexity index is 687. The molecule has 0 unspecified atom stereocenters. The first-order valence-corrected chi connectivity index (χ1v) is 6.49. The van der Waals surface area contributed by atoms with Gasteiger partial charge in [0.15, 0.2) is 0 Å². The van der Waals surface area contributed by atoms with E-state index in [1.165, 1.54) is 4.57 Å². The van der Waals surface area contributed by atoms with Crippen LogP contribution in [0.3, 0.4) is 0 Å². The maximum Gasteiger partial charge on any atom is 0.329 e. The van der Waals surface area contributed by atoms with Crippen molar-refractivity contribution in [3.8, 4) is 0 Å². The molecular weight excluding hydrogens is 244 g/mol. The number of nitrogens with zero attached hydrogens (tertiary/aromatic N) is 2. The summed E-state index contributed by atoms with van der Waals surface area (Å²) in [7, 11) is 0. The van der Waals surface area contributed by atoms with Crippen LogP contribution in [0.25, 0.3) is 11.0 Å². The number of H-pyrrole nitrogens is 1. The maximum absolute atomic E-state index is 11.9. The lowest BCUT2D eigenvalue weighted by Crippen LogP contribution is -2.31. The molecule has 2 heterocycles. The van der Waals surface area contributed by atoms with Crippen molar-refractivity contribution in [2.24, 2.45) is 0 Å². The molecule has 6 heteroatoms. The maximum atomic E-state index is 11.9. The lowest BCUT2D eigenvalue weighted by Gasteiger charge is -2.08. The Balaban J connectivity index is 2.60. The van der Waals surface area contributed by atoms with Gasteiger partial charge in [-0.05, 0) is 24.6 Å². The molecule has 6 nitrogen and oxygen atoms in total. The Morgan fingerprint density at radius 3 is 2.84 bits per heavy atom. The van der Waals surface area contributed by atoms with Crippen LogP contribution in [-0.4, -0.2) is 21.1 Å². The van der Waals surface area contributed by atoms with Gasteiger partial charge in [-0.3, -0.25) is 14.3 Å². The molecule has 0 atom stereocenters. The first-order chi connectivity index (χ1) is 9.17. The first kappa shape index (κ1) is 13.5. The molecule has 102 valence electrons. The van der Waals surface area contributed by atoms with E-state index in [1.807, 2.05) is 13.8 Å². The second-order valence-corrected chi connectivity index (χ2v) is 4.41. The van der Waals surface area contributed by atoms with E-state index >= 15 is 0 Å². The molecule has 0 aromatic carbocycles. The Hall–Kier alpha value is -1.95. The number of aromatic amines is 1. The van der Waals surface area contributed by atoms with Gasteiger partial charge in [0, 0.05) is 19.3 Å². The second kappa shape index (κ2) is 5.79. The van der Waals surface area contributed by atoms with Gasteiger partial charge in [-0.15, -0.1) is 0 Å². The summed E-state index contributed by atoms with van der Waals surface area (Å²) in [5, 5.41) is 3.64. The fraction of sp³-hybridized carbons (Fsp3) is 0.462. The predicted molar refractivity (Wildman–Crippen MR) is 74.3 cm³/mol. The lowest BCUT2D eigenvalue weighted by molar-refractivity contribution is 0.650. The zero-order chi connectivity index (χ0) is 13.8. The van der Waals surface area contributed by atoms with Crippen LogP contribution in [0.4, 0.5) is 0 Å². The predicted octanol–water partition coefficient (Wildman–Crippen LogP) is 0.604. The number of fused-ring (bicyclic) bond motifs is 1. The van der Waals surface area contributed by atoms with Crippen molar-refractivity contribution < 1.29 is 0 Å². The van der Waals surface area contributed by atoms with Crippen LogP contribution in [0.1, 0.15) is 25.8 Å². The lowest BCUT2D eigenvalue weighted by atomic mass is 10.2. The number of rotatable bonds is 5. The molecule has 0 saturated carbocycles. The van der Waals surface area contributed by atoms with E-state index in [1.54, 1.807) is 12.3 Å². The number of hydrogen-bond donors (Lipinski definition) is 2. The monoisotopic (exact) mass is 262 g/mol. The minimum absolute atomic E-state index is 0.377. The van der Waals surface area contributed by atoms with Crippen LogP contribution < -0.4 is 16.6 Å². The molecule has 0 fully saturated rings. The molecule has 0 spiro atoms. The number of pyridine rings is 1. The quantitative estimate of drug-likeness (QED) is 0.827. The zero-order valence-electron chi connectivity index (χ0n) is 11.2. The smallest absolute Gasteiger partial charge is 0.313 e. The van der Waals surface area contributed by atoms with Crippen LogP contribution >= 0.6 is 0 Å². The van der Waals surface area contributed by atoms with Crippen LogP contribution in [-0.2, 0) is 13.1 Å². The van der Waals surface area contributed by atoms with Crippen LogP contribution in [0, 0.1) is 0 Å². The third-order valence-electron chi connectivity index (χ3n) is 2.92. The highest BCUT2D eigenvalue weighted by atomic mass is 16.2. The number of hydrogen-bond acceptors (Lipinski definition) is 4. The van der Waals surface area contributed by atoms with Crippen molar-refractivity contribution in [1.82, 2.24) is 19.9 Å². The normalized spacial score (nSPS) is 11.1. The van der Waals surface area contributed by atoms with E-state index in [0.717, 1.165) is 18.5 Å². The minimum Gasteiger partial charge on any atom is -0.313 e. The summed E-state index contributed by atoms with van der Waals surface area (Å²) < 4.78 is 1.51. The van der Waals surface area contributed by atoms with Crippen molar-refractivity contribution in [3.63, 3.8) is 0 Å². The number of nitrogens with one attached hydrogen (secondary N) is 2. The van der Waals surface area contributed by atoms with E-state index in [-0.39, 0.29) is 5.56 Å². The van der Waals surface area contributed by atoms with Crippen LogP contribution in [0.5, 0.6) is 0 Å². The van der Waals surface area contributed by atoms with Gasteiger partial charge in [0.25, 0.3) is 5.56 Å². The molecule has 2 rings (SSSR count). The Labute approximate surface area is 110 Å². The molecule has 0 saturated heterocycles. The van der Waals surface area contributed by atoms with E-state index in [9.17, 15) is 9.59 Å². The molecule has 2 aromatic rings. The van der Waals surface area contributed by atoms with E-state index in [4.69, 9.17) is 0 Å². The standard InChI is InChI=1S/C13H18N4O2/c1-3-5-17-11-10(12(18)16-13(17)19)6-9(8-15-11)7-14-4-2/h6,8,14H,3-5,7H2,1-2H3,(H,16,18,19). The summed E-state index contributed by atoms with van der Waals surface area (Å²) in [5.74, 6) is 0. The van der Waals surface area contributed by atoms with Gasteiger partial charge in [-0.1, -0.05) is 13.8 Å². The van der Waals surface area contributed by atoms with Crippen molar-refractivity contribution >= 4 is 11.0 Å². The molecular formula is C13H18N4O2. The molecule has 0 aliphatic carbocycles. The number of aryl methyl sites for hydroxylation is 1. The molecule has 0 aliphatic heterocycles. The Kier molecular flexibility index (Phi) is 4.11. The summed E-state index contributed by atoms with van der Waals surface area (Å²) in [6.07, 6.45) is 2.51. The first-order valence-electron chi connectivity index (χ1n) is 6.49. The highest BCUT2D eigenvalue weighted by Gasteiger charge is 2.08. The Morgan fingerprint density at radius 1 is 1.37 bits per heavy atom. The van der Waals surface area contributed by atoms with Gasteiger partial charge < -0.3 is 5.32 Å². The van der Waals surface area contributed by atoms with Crippen molar-refractivity contribution in [3.05, 3.63) is 38.7 Å². The number of aromatic nitrogens is 3. The summed E-state index contributed by atoms with van der Waals surface area (Å²) in [4.78, 5) is 30.2. The molecule has 19 heavy (non-hydrogen) atoms. The molecule has 0 bridgehead atoms. The average Bonchev–Trinajstić information content (AvgIpc) is 2.41. The van der Waals surface area contributed by atoms with Crippen LogP contribution in [0.2, 0.25) is 0 Å². The highest BCUT2D eigenvalue weighted by molar-refractivity contribution is 5.74. The van der Waals surface area contributed by atoms with Gasteiger partial charge in [-0.25, -0.2) is 9.78 Å². The molecule has 0 amide bonds. The topological polar surface area (TPSA) is 79.8 Å². The summed E-state index contributed by atoms with van der Waals surface area (Å²) in [5.41, 5.74) is 0.613. The summed E-state index contributed by atoms with van der Waals surface area (Å²) in [6.45, 7) is 6.05. The van der Waals surface area contributed by atoms with Gasteiger partial charge in [0.05, 0.1) is 5.39 Å². The van der Waals surface area contributed by atoms with Crippen molar-refractivity contribution in [2.45, 2.75) is 33.4 Å². The average molecular weight is 262 g/mol. The third kappa shape index (κ3) is 2.73. The summed E-state index contributed by atoms with van der Waals surface area (Å²) >= 11 is 0. The zero-order valence-corrected chi connectivity index (χ0v) is 11.2. The SMILES string of the molecule is CCCn1c(=O)[nH]c(=O)c2cc(CNCC)cnc21. The van der Waals surface area contributed by atoms with E-state index in [2.05, 4.69) is 15.3 Å². The van der Waals surface area contributed by atoms with Crippen LogP contribution in [0.15, 0.2) is 21.9 Å². The van der Waals surface area contributed by atoms with E-state index in [0.29, 0.717) is 24.1 Å². The van der Waals surface area contributed by atoms with Gasteiger partial charge >= 0.3 is 5.69 Å². The molecule has 2 N–H and O–H groups in total. The van der Waals surface area contributed by atoms with Gasteiger partial charge in [0.1, 0.15) is 5.65 Å². The minimum atomic E-state index is -0.397.